The molecule has 0 aliphatic rings. The average molecular weight is 294 g/mol. The number of fused-ring (bicyclic) bond motifs is 1. The van der Waals surface area contributed by atoms with Crippen molar-refractivity contribution < 1.29 is 13.2 Å². The van der Waals surface area contributed by atoms with Gasteiger partial charge in [0.1, 0.15) is 23.0 Å². The largest absolute Gasteiger partial charge is 0.459 e. The van der Waals surface area contributed by atoms with Crippen LogP contribution >= 0.6 is 11.6 Å². The molecule has 1 unspecified atom stereocenters. The Morgan fingerprint density at radius 3 is 2.60 bits per heavy atom. The highest BCUT2D eigenvalue weighted by Crippen LogP contribution is 2.29. The summed E-state index contributed by atoms with van der Waals surface area (Å²) in [7, 11) is 0. The average Bonchev–Trinajstić information content (AvgIpc) is 2.81. The van der Waals surface area contributed by atoms with E-state index in [1.54, 1.807) is 24.3 Å². The Balaban J connectivity index is 2.05. The van der Waals surface area contributed by atoms with Gasteiger partial charge in [-0.1, -0.05) is 17.7 Å². The van der Waals surface area contributed by atoms with Gasteiger partial charge in [0, 0.05) is 22.0 Å². The van der Waals surface area contributed by atoms with E-state index in [0.717, 1.165) is 17.5 Å². The van der Waals surface area contributed by atoms with Gasteiger partial charge in [-0.25, -0.2) is 8.78 Å². The molecule has 1 aromatic heterocycles. The van der Waals surface area contributed by atoms with Crippen molar-refractivity contribution in [1.82, 2.24) is 0 Å². The maximum Gasteiger partial charge on any atom is 0.134 e. The highest BCUT2D eigenvalue weighted by Gasteiger charge is 2.18. The molecule has 0 amide bonds. The first-order valence-corrected chi connectivity index (χ1v) is 6.32. The summed E-state index contributed by atoms with van der Waals surface area (Å²) in [5.74, 6) is -0.946. The Labute approximate surface area is 118 Å². The molecule has 1 heterocycles. The van der Waals surface area contributed by atoms with E-state index in [1.807, 2.05) is 0 Å². The molecule has 0 saturated carbocycles. The number of benzene rings is 2. The molecule has 0 radical (unpaired) electrons. The second-order valence-electron chi connectivity index (χ2n) is 4.47. The molecule has 0 aliphatic heterocycles. The first-order chi connectivity index (χ1) is 9.54. The van der Waals surface area contributed by atoms with E-state index < -0.39 is 17.7 Å². The minimum Gasteiger partial charge on any atom is -0.459 e. The predicted octanol–water partition coefficient (Wildman–Crippen LogP) is 4.41. The monoisotopic (exact) mass is 293 g/mol. The molecule has 1 atom stereocenters. The number of rotatable bonds is 2. The minimum atomic E-state index is -0.804. The Morgan fingerprint density at radius 2 is 1.85 bits per heavy atom. The van der Waals surface area contributed by atoms with E-state index in [-0.39, 0.29) is 5.56 Å². The zero-order valence-electron chi connectivity index (χ0n) is 10.2. The number of nitrogens with two attached hydrogens (primary N) is 1. The van der Waals surface area contributed by atoms with Gasteiger partial charge < -0.3 is 10.2 Å². The molecule has 0 bridgehead atoms. The third-order valence-corrected chi connectivity index (χ3v) is 3.34. The van der Waals surface area contributed by atoms with Crippen LogP contribution in [0.1, 0.15) is 17.4 Å². The Kier molecular flexibility index (Phi) is 3.20. The number of hydrogen-bond donors (Lipinski definition) is 1. The third kappa shape index (κ3) is 2.28. The standard InChI is InChI=1S/C15H10ClF2NO/c16-9-1-4-13-8(5-9)6-14(20-13)15(19)11-3-2-10(17)7-12(11)18/h1-7,15H,19H2. The third-order valence-electron chi connectivity index (χ3n) is 3.10. The van der Waals surface area contributed by atoms with Crippen molar-refractivity contribution in [1.29, 1.82) is 0 Å². The Bertz CT molecular complexity index is 785. The maximum atomic E-state index is 13.7. The molecule has 0 spiro atoms. The molecular weight excluding hydrogens is 284 g/mol. The van der Waals surface area contributed by atoms with Crippen molar-refractivity contribution >= 4 is 22.6 Å². The maximum absolute atomic E-state index is 13.7. The fraction of sp³-hybridized carbons (Fsp3) is 0.0667. The number of furan rings is 1. The van der Waals surface area contributed by atoms with Crippen LogP contribution in [0.3, 0.4) is 0 Å². The molecule has 2 N–H and O–H groups in total. The lowest BCUT2D eigenvalue weighted by Gasteiger charge is -2.10. The summed E-state index contributed by atoms with van der Waals surface area (Å²) in [6, 6.07) is 9.33. The van der Waals surface area contributed by atoms with E-state index in [0.29, 0.717) is 16.4 Å². The van der Waals surface area contributed by atoms with Gasteiger partial charge in [-0.2, -0.15) is 0 Å². The number of hydrogen-bond acceptors (Lipinski definition) is 2. The van der Waals surface area contributed by atoms with Crippen molar-refractivity contribution in [3.8, 4) is 0 Å². The summed E-state index contributed by atoms with van der Waals surface area (Å²) >= 11 is 5.89. The molecule has 3 aromatic rings. The Hall–Kier alpha value is -1.91. The van der Waals surface area contributed by atoms with Crippen molar-refractivity contribution in [2.45, 2.75) is 6.04 Å². The van der Waals surface area contributed by atoms with Crippen LogP contribution in [-0.2, 0) is 0 Å². The van der Waals surface area contributed by atoms with Crippen LogP contribution in [0.5, 0.6) is 0 Å². The van der Waals surface area contributed by atoms with Crippen LogP contribution in [-0.4, -0.2) is 0 Å². The predicted molar refractivity (Wildman–Crippen MR) is 73.6 cm³/mol. The first-order valence-electron chi connectivity index (χ1n) is 5.94. The smallest absolute Gasteiger partial charge is 0.134 e. The molecule has 102 valence electrons. The van der Waals surface area contributed by atoms with Crippen LogP contribution < -0.4 is 5.73 Å². The van der Waals surface area contributed by atoms with Gasteiger partial charge in [0.2, 0.25) is 0 Å². The zero-order valence-corrected chi connectivity index (χ0v) is 11.0. The van der Waals surface area contributed by atoms with Gasteiger partial charge >= 0.3 is 0 Å². The second-order valence-corrected chi connectivity index (χ2v) is 4.91. The Morgan fingerprint density at radius 1 is 1.05 bits per heavy atom. The van der Waals surface area contributed by atoms with E-state index in [4.69, 9.17) is 21.8 Å². The van der Waals surface area contributed by atoms with E-state index in [2.05, 4.69) is 0 Å². The summed E-state index contributed by atoms with van der Waals surface area (Å²) in [5.41, 5.74) is 6.77. The van der Waals surface area contributed by atoms with Gasteiger partial charge in [0.05, 0.1) is 6.04 Å². The zero-order chi connectivity index (χ0) is 14.3. The topological polar surface area (TPSA) is 39.2 Å². The molecular formula is C15H10ClF2NO. The molecule has 2 nitrogen and oxygen atoms in total. The lowest BCUT2D eigenvalue weighted by Crippen LogP contribution is -2.12. The summed E-state index contributed by atoms with van der Waals surface area (Å²) < 4.78 is 32.2. The fourth-order valence-electron chi connectivity index (χ4n) is 2.10. The molecule has 0 saturated heterocycles. The number of halogens is 3. The van der Waals surface area contributed by atoms with Gasteiger partial charge in [-0.05, 0) is 30.3 Å². The van der Waals surface area contributed by atoms with Gasteiger partial charge in [-0.15, -0.1) is 0 Å². The highest BCUT2D eigenvalue weighted by atomic mass is 35.5. The van der Waals surface area contributed by atoms with E-state index >= 15 is 0 Å². The van der Waals surface area contributed by atoms with Crippen LogP contribution in [0, 0.1) is 11.6 Å². The van der Waals surface area contributed by atoms with Crippen LogP contribution in [0.4, 0.5) is 8.78 Å². The summed E-state index contributed by atoms with van der Waals surface area (Å²) in [5, 5.41) is 1.36. The SMILES string of the molecule is NC(c1cc2cc(Cl)ccc2o1)c1ccc(F)cc1F. The summed E-state index contributed by atoms with van der Waals surface area (Å²) in [6.45, 7) is 0. The molecule has 2 aromatic carbocycles. The lowest BCUT2D eigenvalue weighted by molar-refractivity contribution is 0.506. The quantitative estimate of drug-likeness (QED) is 0.760. The fourth-order valence-corrected chi connectivity index (χ4v) is 2.28. The van der Waals surface area contributed by atoms with Crippen LogP contribution in [0.15, 0.2) is 46.9 Å². The van der Waals surface area contributed by atoms with Crippen molar-refractivity contribution in [3.05, 3.63) is 70.4 Å². The van der Waals surface area contributed by atoms with E-state index in [1.165, 1.54) is 6.07 Å². The van der Waals surface area contributed by atoms with Gasteiger partial charge in [0.25, 0.3) is 0 Å². The highest BCUT2D eigenvalue weighted by molar-refractivity contribution is 6.31. The molecule has 5 heteroatoms. The van der Waals surface area contributed by atoms with Crippen LogP contribution in [0.2, 0.25) is 5.02 Å². The van der Waals surface area contributed by atoms with Gasteiger partial charge in [-0.3, -0.25) is 0 Å². The van der Waals surface area contributed by atoms with E-state index in [9.17, 15) is 8.78 Å². The van der Waals surface area contributed by atoms with Crippen molar-refractivity contribution in [2.75, 3.05) is 0 Å². The normalized spacial score (nSPS) is 12.8. The molecule has 20 heavy (non-hydrogen) atoms. The van der Waals surface area contributed by atoms with Crippen molar-refractivity contribution in [2.24, 2.45) is 5.73 Å². The summed E-state index contributed by atoms with van der Waals surface area (Å²) in [6.07, 6.45) is 0. The summed E-state index contributed by atoms with van der Waals surface area (Å²) in [4.78, 5) is 0. The molecule has 3 rings (SSSR count). The first kappa shape index (κ1) is 13.1. The van der Waals surface area contributed by atoms with Crippen LogP contribution in [0.25, 0.3) is 11.0 Å². The minimum absolute atomic E-state index is 0.177. The van der Waals surface area contributed by atoms with Gasteiger partial charge in [0.15, 0.2) is 0 Å². The second kappa shape index (κ2) is 4.89. The molecule has 0 fully saturated rings. The lowest BCUT2D eigenvalue weighted by atomic mass is 10.0. The molecule has 0 aliphatic carbocycles. The van der Waals surface area contributed by atoms with Crippen molar-refractivity contribution in [3.63, 3.8) is 0 Å².